The molecule has 188 valence electrons. The van der Waals surface area contributed by atoms with Crippen molar-refractivity contribution in [3.05, 3.63) is 71.3 Å². The summed E-state index contributed by atoms with van der Waals surface area (Å²) in [6.45, 7) is 0. The molecule has 3 rings (SSSR count). The molecule has 0 atom stereocenters. The smallest absolute Gasteiger partial charge is 0.248 e. The monoisotopic (exact) mass is 491 g/mol. The number of carbonyl (C=O) groups excluding carboxylic acids is 1. The van der Waals surface area contributed by atoms with E-state index in [9.17, 15) is 9.90 Å². The third-order valence-corrected chi connectivity index (χ3v) is 5.27. The highest BCUT2D eigenvalue weighted by Crippen LogP contribution is 2.40. The number of para-hydroxylation sites is 1. The van der Waals surface area contributed by atoms with E-state index in [4.69, 9.17) is 23.7 Å². The van der Waals surface area contributed by atoms with Crippen LogP contribution in [0.5, 0.6) is 34.5 Å². The molecule has 0 aliphatic heterocycles. The second kappa shape index (κ2) is 12.2. The Morgan fingerprint density at radius 3 is 1.78 bits per heavy atom. The Morgan fingerprint density at radius 1 is 0.722 bits per heavy atom. The number of hydrogen-bond donors (Lipinski definition) is 2. The summed E-state index contributed by atoms with van der Waals surface area (Å²) in [5.41, 5.74) is 2.52. The van der Waals surface area contributed by atoms with Crippen molar-refractivity contribution in [3.8, 4) is 34.5 Å². The molecule has 0 spiro atoms. The van der Waals surface area contributed by atoms with E-state index in [-0.39, 0.29) is 5.75 Å². The maximum atomic E-state index is 12.6. The standard InChI is InChI=1S/C28H29NO7/c1-32-23-15-18(10-11-19-16-24(33-2)28(36-5)25(17-19)34-3)14-21(27(23)35-4)29-26(31)13-12-20-8-6-7-9-22(20)30/h6-17,30H,1-5H3,(H,29,31)/b11-10+,13-12+. The highest BCUT2D eigenvalue weighted by Gasteiger charge is 2.15. The van der Waals surface area contributed by atoms with Crippen molar-refractivity contribution < 1.29 is 33.6 Å². The van der Waals surface area contributed by atoms with Crippen molar-refractivity contribution >= 4 is 29.8 Å². The Labute approximate surface area is 210 Å². The molecule has 0 aromatic heterocycles. The summed E-state index contributed by atoms with van der Waals surface area (Å²) in [4.78, 5) is 12.6. The number of anilines is 1. The first-order valence-corrected chi connectivity index (χ1v) is 10.9. The molecular weight excluding hydrogens is 462 g/mol. The first-order valence-electron chi connectivity index (χ1n) is 10.9. The van der Waals surface area contributed by atoms with Gasteiger partial charge in [-0.1, -0.05) is 30.4 Å². The lowest BCUT2D eigenvalue weighted by Crippen LogP contribution is -2.09. The van der Waals surface area contributed by atoms with Gasteiger partial charge in [-0.25, -0.2) is 0 Å². The van der Waals surface area contributed by atoms with Gasteiger partial charge < -0.3 is 34.1 Å². The molecular formula is C28H29NO7. The molecule has 0 aliphatic rings. The van der Waals surface area contributed by atoms with Crippen molar-refractivity contribution in [2.45, 2.75) is 0 Å². The van der Waals surface area contributed by atoms with E-state index in [0.717, 1.165) is 11.1 Å². The van der Waals surface area contributed by atoms with Crippen LogP contribution in [0.1, 0.15) is 16.7 Å². The summed E-state index contributed by atoms with van der Waals surface area (Å²) < 4.78 is 27.2. The average molecular weight is 492 g/mol. The van der Waals surface area contributed by atoms with Gasteiger partial charge in [0.15, 0.2) is 23.0 Å². The van der Waals surface area contributed by atoms with Crippen LogP contribution >= 0.6 is 0 Å². The summed E-state index contributed by atoms with van der Waals surface area (Å²) >= 11 is 0. The van der Waals surface area contributed by atoms with E-state index in [1.54, 1.807) is 57.7 Å². The molecule has 3 aromatic carbocycles. The maximum Gasteiger partial charge on any atom is 0.248 e. The molecule has 8 heteroatoms. The molecule has 8 nitrogen and oxygen atoms in total. The molecule has 2 N–H and O–H groups in total. The zero-order chi connectivity index (χ0) is 26.1. The van der Waals surface area contributed by atoms with Crippen molar-refractivity contribution in [3.63, 3.8) is 0 Å². The number of phenols is 1. The largest absolute Gasteiger partial charge is 0.507 e. The Balaban J connectivity index is 1.92. The molecule has 0 saturated heterocycles. The van der Waals surface area contributed by atoms with Crippen LogP contribution in [0.25, 0.3) is 18.2 Å². The lowest BCUT2D eigenvalue weighted by atomic mass is 10.1. The van der Waals surface area contributed by atoms with E-state index >= 15 is 0 Å². The van der Waals surface area contributed by atoms with Gasteiger partial charge in [-0.05, 0) is 47.5 Å². The van der Waals surface area contributed by atoms with E-state index in [1.165, 1.54) is 26.4 Å². The fraction of sp³-hybridized carbons (Fsp3) is 0.179. The maximum absolute atomic E-state index is 12.6. The van der Waals surface area contributed by atoms with Crippen LogP contribution in [0.3, 0.4) is 0 Å². The van der Waals surface area contributed by atoms with Crippen LogP contribution in [-0.2, 0) is 4.79 Å². The van der Waals surface area contributed by atoms with E-state index in [1.807, 2.05) is 24.3 Å². The minimum Gasteiger partial charge on any atom is -0.507 e. The zero-order valence-corrected chi connectivity index (χ0v) is 20.8. The van der Waals surface area contributed by atoms with Crippen LogP contribution in [0, 0.1) is 0 Å². The lowest BCUT2D eigenvalue weighted by Gasteiger charge is -2.14. The van der Waals surface area contributed by atoms with Gasteiger partial charge in [0.25, 0.3) is 0 Å². The van der Waals surface area contributed by atoms with Crippen LogP contribution in [0.4, 0.5) is 5.69 Å². The van der Waals surface area contributed by atoms with E-state index in [0.29, 0.717) is 40.0 Å². The van der Waals surface area contributed by atoms with Crippen molar-refractivity contribution in [1.82, 2.24) is 0 Å². The number of amides is 1. The van der Waals surface area contributed by atoms with E-state index in [2.05, 4.69) is 5.32 Å². The van der Waals surface area contributed by atoms with Crippen molar-refractivity contribution in [2.75, 3.05) is 40.9 Å². The lowest BCUT2D eigenvalue weighted by molar-refractivity contribution is -0.111. The highest BCUT2D eigenvalue weighted by atomic mass is 16.5. The Hall–Kier alpha value is -4.59. The third-order valence-electron chi connectivity index (χ3n) is 5.27. The SMILES string of the molecule is COc1cc(/C=C/c2cc(OC)c(OC)c(OC)c2)cc(NC(=O)/C=C/c2ccccc2O)c1OC. The molecule has 0 fully saturated rings. The molecule has 0 unspecified atom stereocenters. The van der Waals surface area contributed by atoms with Gasteiger partial charge in [-0.3, -0.25) is 4.79 Å². The topological polar surface area (TPSA) is 95.5 Å². The van der Waals surface area contributed by atoms with Gasteiger partial charge in [0.1, 0.15) is 5.75 Å². The molecule has 1 amide bonds. The van der Waals surface area contributed by atoms with Gasteiger partial charge >= 0.3 is 0 Å². The number of nitrogens with one attached hydrogen (secondary N) is 1. The number of benzene rings is 3. The minimum absolute atomic E-state index is 0.0831. The zero-order valence-electron chi connectivity index (χ0n) is 20.8. The molecule has 0 saturated carbocycles. The van der Waals surface area contributed by atoms with Gasteiger partial charge in [0, 0.05) is 11.6 Å². The minimum atomic E-state index is -0.399. The summed E-state index contributed by atoms with van der Waals surface area (Å²) in [7, 11) is 7.68. The van der Waals surface area contributed by atoms with Crippen LogP contribution in [0.2, 0.25) is 0 Å². The Morgan fingerprint density at radius 2 is 1.25 bits per heavy atom. The first-order chi connectivity index (χ1) is 17.4. The van der Waals surface area contributed by atoms with Gasteiger partial charge in [-0.15, -0.1) is 0 Å². The Kier molecular flexibility index (Phi) is 8.83. The molecule has 0 heterocycles. The number of carbonyl (C=O) groups is 1. The van der Waals surface area contributed by atoms with Gasteiger partial charge in [0.05, 0.1) is 41.2 Å². The first kappa shape index (κ1) is 26.0. The number of aromatic hydroxyl groups is 1. The summed E-state index contributed by atoms with van der Waals surface area (Å²) in [6, 6.07) is 13.9. The molecule has 0 bridgehead atoms. The van der Waals surface area contributed by atoms with Gasteiger partial charge in [0.2, 0.25) is 11.7 Å². The Bertz CT molecular complexity index is 1260. The second-order valence-electron chi connectivity index (χ2n) is 7.48. The molecule has 0 radical (unpaired) electrons. The fourth-order valence-corrected chi connectivity index (χ4v) is 3.53. The van der Waals surface area contributed by atoms with Crippen LogP contribution < -0.4 is 29.0 Å². The quantitative estimate of drug-likeness (QED) is 0.295. The van der Waals surface area contributed by atoms with Gasteiger partial charge in [-0.2, -0.15) is 0 Å². The molecule has 36 heavy (non-hydrogen) atoms. The van der Waals surface area contributed by atoms with Crippen LogP contribution in [-0.4, -0.2) is 46.6 Å². The second-order valence-corrected chi connectivity index (χ2v) is 7.48. The molecule has 0 aliphatic carbocycles. The number of methoxy groups -OCH3 is 5. The van der Waals surface area contributed by atoms with Crippen molar-refractivity contribution in [2.24, 2.45) is 0 Å². The summed E-state index contributed by atoms with van der Waals surface area (Å²) in [5.74, 6) is 2.09. The summed E-state index contributed by atoms with van der Waals surface area (Å²) in [5, 5.41) is 12.7. The van der Waals surface area contributed by atoms with Crippen molar-refractivity contribution in [1.29, 1.82) is 0 Å². The number of hydrogen-bond acceptors (Lipinski definition) is 7. The number of rotatable bonds is 10. The highest BCUT2D eigenvalue weighted by molar-refractivity contribution is 6.03. The van der Waals surface area contributed by atoms with E-state index < -0.39 is 5.91 Å². The fourth-order valence-electron chi connectivity index (χ4n) is 3.53. The number of ether oxygens (including phenoxy) is 5. The number of phenolic OH excluding ortho intramolecular Hbond substituents is 1. The molecule has 3 aromatic rings. The summed E-state index contributed by atoms with van der Waals surface area (Å²) in [6.07, 6.45) is 6.59. The predicted octanol–water partition coefficient (Wildman–Crippen LogP) is 5.26. The van der Waals surface area contributed by atoms with Crippen LogP contribution in [0.15, 0.2) is 54.6 Å². The normalized spacial score (nSPS) is 10.9. The predicted molar refractivity (Wildman–Crippen MR) is 140 cm³/mol. The average Bonchev–Trinajstić information content (AvgIpc) is 2.90. The third kappa shape index (κ3) is 6.09.